The Morgan fingerprint density at radius 2 is 2.21 bits per heavy atom. The largest absolute Gasteiger partial charge is 0.250 e. The topological polar surface area (TPSA) is 30.7 Å². The van der Waals surface area contributed by atoms with E-state index in [-0.39, 0.29) is 5.41 Å². The fraction of sp³-hybridized carbons (Fsp3) is 0.800. The molecule has 0 saturated carbocycles. The van der Waals surface area contributed by atoms with Gasteiger partial charge in [-0.1, -0.05) is 36.7 Å². The molecular formula is C10H18BrN3. The molecular weight excluding hydrogens is 242 g/mol. The van der Waals surface area contributed by atoms with Crippen LogP contribution < -0.4 is 0 Å². The molecule has 14 heavy (non-hydrogen) atoms. The van der Waals surface area contributed by atoms with Crippen LogP contribution in [0.1, 0.15) is 33.0 Å². The second kappa shape index (κ2) is 4.91. The first-order chi connectivity index (χ1) is 6.59. The predicted octanol–water partition coefficient (Wildman–Crippen LogP) is 2.65. The number of rotatable bonds is 5. The molecule has 80 valence electrons. The lowest BCUT2D eigenvalue weighted by Crippen LogP contribution is -2.20. The maximum atomic E-state index is 4.30. The summed E-state index contributed by atoms with van der Waals surface area (Å²) in [5.74, 6) is 1.09. The Morgan fingerprint density at radius 3 is 2.79 bits per heavy atom. The van der Waals surface area contributed by atoms with E-state index in [9.17, 15) is 0 Å². The molecule has 1 aromatic rings. The maximum absolute atomic E-state index is 4.30. The molecule has 0 aliphatic heterocycles. The smallest absolute Gasteiger partial charge is 0.138 e. The second-order valence-electron chi connectivity index (χ2n) is 4.37. The van der Waals surface area contributed by atoms with Crippen molar-refractivity contribution in [3.63, 3.8) is 0 Å². The molecule has 1 aromatic heterocycles. The van der Waals surface area contributed by atoms with Gasteiger partial charge in [0.2, 0.25) is 0 Å². The molecule has 0 aromatic carbocycles. The van der Waals surface area contributed by atoms with E-state index in [1.165, 1.54) is 0 Å². The zero-order chi connectivity index (χ0) is 10.6. The number of aromatic nitrogens is 3. The van der Waals surface area contributed by atoms with Gasteiger partial charge in [0.15, 0.2) is 0 Å². The minimum atomic E-state index is 0.249. The monoisotopic (exact) mass is 259 g/mol. The van der Waals surface area contributed by atoms with Gasteiger partial charge in [-0.05, 0) is 11.8 Å². The van der Waals surface area contributed by atoms with Crippen LogP contribution >= 0.6 is 15.9 Å². The number of alkyl halides is 1. The SMILES string of the molecule is CCCn1ncnc1CC(C)(C)CBr. The molecule has 0 aliphatic carbocycles. The molecule has 0 N–H and O–H groups in total. The number of aryl methyl sites for hydroxylation is 1. The number of hydrogen-bond acceptors (Lipinski definition) is 2. The Bertz CT molecular complexity index is 281. The quantitative estimate of drug-likeness (QED) is 0.762. The second-order valence-corrected chi connectivity index (χ2v) is 4.93. The standard InChI is InChI=1S/C10H18BrN3/c1-4-5-14-9(12-8-13-14)6-10(2,3)7-11/h8H,4-7H2,1-3H3. The normalized spacial score (nSPS) is 12.0. The van der Waals surface area contributed by atoms with Crippen molar-refractivity contribution in [2.45, 2.75) is 40.2 Å². The van der Waals surface area contributed by atoms with Crippen LogP contribution in [-0.2, 0) is 13.0 Å². The average molecular weight is 260 g/mol. The van der Waals surface area contributed by atoms with Crippen LogP contribution in [0.5, 0.6) is 0 Å². The third-order valence-corrected chi connectivity index (χ3v) is 3.65. The highest BCUT2D eigenvalue weighted by Gasteiger charge is 2.19. The highest BCUT2D eigenvalue weighted by molar-refractivity contribution is 9.09. The van der Waals surface area contributed by atoms with E-state index in [1.54, 1.807) is 6.33 Å². The Balaban J connectivity index is 2.70. The summed E-state index contributed by atoms with van der Waals surface area (Å²) in [6, 6.07) is 0. The molecule has 0 unspecified atom stereocenters. The van der Waals surface area contributed by atoms with Crippen molar-refractivity contribution < 1.29 is 0 Å². The molecule has 0 bridgehead atoms. The van der Waals surface area contributed by atoms with E-state index in [0.717, 1.165) is 30.5 Å². The first-order valence-electron chi connectivity index (χ1n) is 5.01. The molecule has 4 heteroatoms. The van der Waals surface area contributed by atoms with Crippen LogP contribution in [0.2, 0.25) is 0 Å². The van der Waals surface area contributed by atoms with Gasteiger partial charge in [0.25, 0.3) is 0 Å². The van der Waals surface area contributed by atoms with Crippen LogP contribution in [0.15, 0.2) is 6.33 Å². The molecule has 0 amide bonds. The van der Waals surface area contributed by atoms with Gasteiger partial charge in [0.1, 0.15) is 12.2 Å². The molecule has 0 aliphatic rings. The van der Waals surface area contributed by atoms with Gasteiger partial charge in [0, 0.05) is 18.3 Å². The van der Waals surface area contributed by atoms with Crippen molar-refractivity contribution in [3.05, 3.63) is 12.2 Å². The van der Waals surface area contributed by atoms with Crippen molar-refractivity contribution in [2.75, 3.05) is 5.33 Å². The summed E-state index contributed by atoms with van der Waals surface area (Å²) < 4.78 is 2.00. The Kier molecular flexibility index (Phi) is 4.11. The summed E-state index contributed by atoms with van der Waals surface area (Å²) in [7, 11) is 0. The fourth-order valence-corrected chi connectivity index (χ4v) is 1.50. The van der Waals surface area contributed by atoms with Crippen molar-refractivity contribution in [1.82, 2.24) is 14.8 Å². The van der Waals surface area contributed by atoms with Crippen molar-refractivity contribution >= 4 is 15.9 Å². The summed E-state index contributed by atoms with van der Waals surface area (Å²) >= 11 is 3.52. The van der Waals surface area contributed by atoms with E-state index < -0.39 is 0 Å². The summed E-state index contributed by atoms with van der Waals surface area (Å²) in [6.45, 7) is 7.58. The number of halogens is 1. The maximum Gasteiger partial charge on any atom is 0.138 e. The Morgan fingerprint density at radius 1 is 1.50 bits per heavy atom. The lowest BCUT2D eigenvalue weighted by atomic mass is 9.92. The average Bonchev–Trinajstić information content (AvgIpc) is 2.53. The predicted molar refractivity (Wildman–Crippen MR) is 61.6 cm³/mol. The van der Waals surface area contributed by atoms with Gasteiger partial charge >= 0.3 is 0 Å². The van der Waals surface area contributed by atoms with E-state index in [0.29, 0.717) is 0 Å². The first kappa shape index (κ1) is 11.7. The van der Waals surface area contributed by atoms with E-state index in [1.807, 2.05) is 4.68 Å². The van der Waals surface area contributed by atoms with Crippen LogP contribution in [0.25, 0.3) is 0 Å². The summed E-state index contributed by atoms with van der Waals surface area (Å²) in [6.07, 6.45) is 3.72. The molecule has 3 nitrogen and oxygen atoms in total. The van der Waals surface area contributed by atoms with Crippen LogP contribution in [0, 0.1) is 5.41 Å². The van der Waals surface area contributed by atoms with Gasteiger partial charge in [-0.25, -0.2) is 4.98 Å². The minimum absolute atomic E-state index is 0.249. The van der Waals surface area contributed by atoms with Crippen LogP contribution in [-0.4, -0.2) is 20.1 Å². The van der Waals surface area contributed by atoms with Crippen LogP contribution in [0.3, 0.4) is 0 Å². The summed E-state index contributed by atoms with van der Waals surface area (Å²) in [5.41, 5.74) is 0.249. The molecule has 0 atom stereocenters. The van der Waals surface area contributed by atoms with Crippen LogP contribution in [0.4, 0.5) is 0 Å². The summed E-state index contributed by atoms with van der Waals surface area (Å²) in [4.78, 5) is 4.30. The van der Waals surface area contributed by atoms with Gasteiger partial charge < -0.3 is 0 Å². The molecule has 1 heterocycles. The lowest BCUT2D eigenvalue weighted by Gasteiger charge is -2.20. The third kappa shape index (κ3) is 3.08. The molecule has 0 radical (unpaired) electrons. The highest BCUT2D eigenvalue weighted by atomic mass is 79.9. The van der Waals surface area contributed by atoms with Gasteiger partial charge in [-0.3, -0.25) is 4.68 Å². The molecule has 0 fully saturated rings. The van der Waals surface area contributed by atoms with E-state index in [2.05, 4.69) is 46.8 Å². The zero-order valence-corrected chi connectivity index (χ0v) is 10.7. The molecule has 1 rings (SSSR count). The lowest BCUT2D eigenvalue weighted by molar-refractivity contribution is 0.397. The number of hydrogen-bond donors (Lipinski definition) is 0. The van der Waals surface area contributed by atoms with Gasteiger partial charge in [-0.15, -0.1) is 0 Å². The molecule has 0 spiro atoms. The minimum Gasteiger partial charge on any atom is -0.250 e. The zero-order valence-electron chi connectivity index (χ0n) is 9.13. The number of nitrogens with zero attached hydrogens (tertiary/aromatic N) is 3. The molecule has 0 saturated heterocycles. The Labute approximate surface area is 94.0 Å². The summed E-state index contributed by atoms with van der Waals surface area (Å²) in [5, 5.41) is 5.20. The van der Waals surface area contributed by atoms with Crippen molar-refractivity contribution in [2.24, 2.45) is 5.41 Å². The fourth-order valence-electron chi connectivity index (χ4n) is 1.30. The van der Waals surface area contributed by atoms with Gasteiger partial charge in [-0.2, -0.15) is 5.10 Å². The van der Waals surface area contributed by atoms with E-state index >= 15 is 0 Å². The van der Waals surface area contributed by atoms with Crippen molar-refractivity contribution in [1.29, 1.82) is 0 Å². The Hall–Kier alpha value is -0.380. The van der Waals surface area contributed by atoms with Gasteiger partial charge in [0.05, 0.1) is 0 Å². The highest BCUT2D eigenvalue weighted by Crippen LogP contribution is 2.22. The first-order valence-corrected chi connectivity index (χ1v) is 6.14. The van der Waals surface area contributed by atoms with Crippen molar-refractivity contribution in [3.8, 4) is 0 Å². The third-order valence-electron chi connectivity index (χ3n) is 2.13. The van der Waals surface area contributed by atoms with E-state index in [4.69, 9.17) is 0 Å².